The molecule has 0 aliphatic carbocycles. The van der Waals surface area contributed by atoms with Crippen LogP contribution in [0.2, 0.25) is 5.02 Å². The summed E-state index contributed by atoms with van der Waals surface area (Å²) in [5.41, 5.74) is 7.49. The predicted octanol–water partition coefficient (Wildman–Crippen LogP) is 2.31. The van der Waals surface area contributed by atoms with Crippen LogP contribution in [0.25, 0.3) is 5.65 Å². The summed E-state index contributed by atoms with van der Waals surface area (Å²) in [6.07, 6.45) is 1.72. The highest BCUT2D eigenvalue weighted by atomic mass is 35.5. The minimum absolute atomic E-state index is 0.165. The van der Waals surface area contributed by atoms with E-state index in [-0.39, 0.29) is 11.6 Å². The average Bonchev–Trinajstić information content (AvgIpc) is 3.29. The van der Waals surface area contributed by atoms with Crippen molar-refractivity contribution in [3.63, 3.8) is 0 Å². The van der Waals surface area contributed by atoms with Gasteiger partial charge in [-0.05, 0) is 19.1 Å². The highest BCUT2D eigenvalue weighted by Crippen LogP contribution is 2.37. The Bertz CT molecular complexity index is 1380. The minimum Gasteiger partial charge on any atom is -0.453 e. The minimum atomic E-state index is -0.904. The van der Waals surface area contributed by atoms with E-state index in [2.05, 4.69) is 41.8 Å². The maximum absolute atomic E-state index is 11.6. The van der Waals surface area contributed by atoms with Crippen LogP contribution in [-0.4, -0.2) is 58.1 Å². The summed E-state index contributed by atoms with van der Waals surface area (Å²) in [7, 11) is 1.28. The van der Waals surface area contributed by atoms with Gasteiger partial charge in [-0.2, -0.15) is 20.0 Å². The molecule has 14 heteroatoms. The van der Waals surface area contributed by atoms with Crippen molar-refractivity contribution in [3.05, 3.63) is 34.6 Å². The van der Waals surface area contributed by atoms with Gasteiger partial charge in [0, 0.05) is 32.5 Å². The zero-order valence-electron chi connectivity index (χ0n) is 19.7. The molecule has 0 bridgehead atoms. The van der Waals surface area contributed by atoms with Gasteiger partial charge in [-0.15, -0.1) is 5.10 Å². The molecule has 1 fully saturated rings. The lowest BCUT2D eigenvalue weighted by Crippen LogP contribution is -2.61. The topological polar surface area (TPSA) is 182 Å². The first-order valence-corrected chi connectivity index (χ1v) is 11.5. The predicted molar refractivity (Wildman–Crippen MR) is 133 cm³/mol. The monoisotopic (exact) mass is 509 g/mol. The summed E-state index contributed by atoms with van der Waals surface area (Å²) < 4.78 is 6.05. The number of halogens is 1. The van der Waals surface area contributed by atoms with Crippen LogP contribution in [0.4, 0.5) is 27.9 Å². The molecule has 1 aliphatic heterocycles. The van der Waals surface area contributed by atoms with E-state index < -0.39 is 11.8 Å². The van der Waals surface area contributed by atoms with Gasteiger partial charge in [-0.3, -0.25) is 0 Å². The first kappa shape index (κ1) is 24.8. The number of methoxy groups -OCH3 is 1. The standard InChI is InChI=1S/C22H24ClN11O2/c1-3-27-18-19-28-12-14(11-25)34(19)32-20(30-18)29-15-8-13(10-24)9-16(17(15)23)33-6-4-22(26,5-7-33)31-21(35)36-2/h8-9,12H,3-7,26H2,1-2H3,(H,31,35)(H2,27,29,30,32). The van der Waals surface area contributed by atoms with Gasteiger partial charge in [0.2, 0.25) is 5.95 Å². The van der Waals surface area contributed by atoms with E-state index in [1.54, 1.807) is 12.1 Å². The molecular formula is C22H24ClN11O2. The number of hydrogen-bond acceptors (Lipinski definition) is 11. The molecule has 13 nitrogen and oxygen atoms in total. The molecule has 0 unspecified atom stereocenters. The fraction of sp³-hybridized carbons (Fsp3) is 0.364. The van der Waals surface area contributed by atoms with Crippen molar-refractivity contribution >= 4 is 46.5 Å². The molecule has 36 heavy (non-hydrogen) atoms. The third kappa shape index (κ3) is 4.88. The average molecular weight is 510 g/mol. The van der Waals surface area contributed by atoms with E-state index >= 15 is 0 Å². The number of imidazole rings is 1. The Labute approximate surface area is 211 Å². The fourth-order valence-electron chi connectivity index (χ4n) is 3.94. The largest absolute Gasteiger partial charge is 0.453 e. The molecule has 0 saturated carbocycles. The van der Waals surface area contributed by atoms with Gasteiger partial charge in [0.25, 0.3) is 0 Å². The third-order valence-electron chi connectivity index (χ3n) is 5.78. The van der Waals surface area contributed by atoms with E-state index in [0.717, 1.165) is 0 Å². The van der Waals surface area contributed by atoms with E-state index in [9.17, 15) is 15.3 Å². The Morgan fingerprint density at radius 3 is 2.69 bits per heavy atom. The van der Waals surface area contributed by atoms with Crippen LogP contribution in [0.5, 0.6) is 0 Å². The smallest absolute Gasteiger partial charge is 0.408 e. The number of anilines is 4. The van der Waals surface area contributed by atoms with Gasteiger partial charge in [-0.25, -0.2) is 9.78 Å². The van der Waals surface area contributed by atoms with Gasteiger partial charge in [0.1, 0.15) is 6.07 Å². The molecule has 4 rings (SSSR count). The van der Waals surface area contributed by atoms with Crippen molar-refractivity contribution in [2.75, 3.05) is 42.3 Å². The van der Waals surface area contributed by atoms with E-state index in [1.807, 2.05) is 17.9 Å². The Hall–Kier alpha value is -4.33. The normalized spacial score (nSPS) is 14.6. The molecule has 1 amide bonds. The quantitative estimate of drug-likeness (QED) is 0.357. The van der Waals surface area contributed by atoms with Crippen molar-refractivity contribution in [2.24, 2.45) is 5.73 Å². The lowest BCUT2D eigenvalue weighted by molar-refractivity contribution is 0.149. The summed E-state index contributed by atoms with van der Waals surface area (Å²) in [4.78, 5) is 22.3. The third-order valence-corrected chi connectivity index (χ3v) is 6.18. The summed E-state index contributed by atoms with van der Waals surface area (Å²) in [5.74, 6) is 0.607. The van der Waals surface area contributed by atoms with Crippen molar-refractivity contribution in [1.29, 1.82) is 10.5 Å². The highest BCUT2D eigenvalue weighted by molar-refractivity contribution is 6.36. The first-order valence-electron chi connectivity index (χ1n) is 11.1. The van der Waals surface area contributed by atoms with Crippen LogP contribution in [-0.2, 0) is 4.74 Å². The molecule has 1 aromatic carbocycles. The summed E-state index contributed by atoms with van der Waals surface area (Å²) in [6, 6.07) is 7.49. The molecule has 0 atom stereocenters. The number of carbonyl (C=O) groups excluding carboxylic acids is 1. The Kier molecular flexibility index (Phi) is 6.96. The molecule has 1 saturated heterocycles. The summed E-state index contributed by atoms with van der Waals surface area (Å²) >= 11 is 6.78. The van der Waals surface area contributed by atoms with Gasteiger partial charge in [0.05, 0.1) is 47.0 Å². The van der Waals surface area contributed by atoms with Crippen LogP contribution >= 0.6 is 11.6 Å². The molecule has 186 valence electrons. The number of ether oxygens (including phenoxy) is 1. The highest BCUT2D eigenvalue weighted by Gasteiger charge is 2.33. The summed E-state index contributed by atoms with van der Waals surface area (Å²) in [6.45, 7) is 3.47. The molecular weight excluding hydrogens is 486 g/mol. The zero-order valence-corrected chi connectivity index (χ0v) is 20.4. The van der Waals surface area contributed by atoms with E-state index in [4.69, 9.17) is 17.3 Å². The number of piperidine rings is 1. The number of hydrogen-bond donors (Lipinski definition) is 4. The number of nitrogens with one attached hydrogen (secondary N) is 3. The lowest BCUT2D eigenvalue weighted by Gasteiger charge is -2.40. The fourth-order valence-corrected chi connectivity index (χ4v) is 4.21. The Morgan fingerprint density at radius 1 is 1.31 bits per heavy atom. The number of aromatic nitrogens is 4. The van der Waals surface area contributed by atoms with Gasteiger partial charge in [0.15, 0.2) is 17.2 Å². The number of benzene rings is 1. The number of alkyl carbamates (subject to hydrolysis) is 1. The van der Waals surface area contributed by atoms with Crippen LogP contribution in [0.1, 0.15) is 31.0 Å². The molecule has 0 radical (unpaired) electrons. The Morgan fingerprint density at radius 2 is 2.06 bits per heavy atom. The molecule has 3 heterocycles. The van der Waals surface area contributed by atoms with E-state index in [0.29, 0.717) is 65.9 Å². The number of fused-ring (bicyclic) bond motifs is 1. The SMILES string of the molecule is CCNc1nc(Nc2cc(C#N)cc(N3CCC(N)(NC(=O)OC)CC3)c2Cl)nn2c(C#N)cnc12. The number of nitriles is 2. The molecule has 2 aromatic heterocycles. The van der Waals surface area contributed by atoms with Gasteiger partial charge >= 0.3 is 6.09 Å². The van der Waals surface area contributed by atoms with Crippen LogP contribution in [0.3, 0.4) is 0 Å². The molecule has 1 aliphatic rings. The van der Waals surface area contributed by atoms with Crippen molar-refractivity contribution in [1.82, 2.24) is 24.9 Å². The second kappa shape index (κ2) is 10.1. The van der Waals surface area contributed by atoms with Crippen LogP contribution in [0.15, 0.2) is 18.3 Å². The molecule has 0 spiro atoms. The molecule has 5 N–H and O–H groups in total. The first-order chi connectivity index (χ1) is 17.3. The molecule has 3 aromatic rings. The number of nitrogens with zero attached hydrogens (tertiary/aromatic N) is 7. The Balaban J connectivity index is 1.65. The van der Waals surface area contributed by atoms with E-state index in [1.165, 1.54) is 17.8 Å². The van der Waals surface area contributed by atoms with Crippen LogP contribution < -0.4 is 26.6 Å². The lowest BCUT2D eigenvalue weighted by atomic mass is 9.97. The second-order valence-corrected chi connectivity index (χ2v) is 8.54. The number of rotatable bonds is 6. The maximum Gasteiger partial charge on any atom is 0.408 e. The number of carbonyl (C=O) groups is 1. The second-order valence-electron chi connectivity index (χ2n) is 8.16. The zero-order chi connectivity index (χ0) is 25.9. The van der Waals surface area contributed by atoms with Crippen molar-refractivity contribution in [2.45, 2.75) is 25.4 Å². The number of amides is 1. The number of nitrogens with two attached hydrogens (primary N) is 1. The van der Waals surface area contributed by atoms with Gasteiger partial charge < -0.3 is 31.3 Å². The van der Waals surface area contributed by atoms with Crippen molar-refractivity contribution < 1.29 is 9.53 Å². The van der Waals surface area contributed by atoms with Crippen molar-refractivity contribution in [3.8, 4) is 12.1 Å². The summed E-state index contributed by atoms with van der Waals surface area (Å²) in [5, 5.41) is 32.7. The van der Waals surface area contributed by atoms with Crippen LogP contribution in [0, 0.1) is 22.7 Å². The van der Waals surface area contributed by atoms with Gasteiger partial charge in [-0.1, -0.05) is 11.6 Å². The maximum atomic E-state index is 11.6.